The third kappa shape index (κ3) is 1.90. The predicted octanol–water partition coefficient (Wildman–Crippen LogP) is 2.76. The van der Waals surface area contributed by atoms with Gasteiger partial charge in [0.25, 0.3) is 0 Å². The summed E-state index contributed by atoms with van der Waals surface area (Å²) in [5, 5.41) is 1.93. The molecule has 0 spiro atoms. The van der Waals surface area contributed by atoms with Crippen molar-refractivity contribution in [3.63, 3.8) is 0 Å². The highest BCUT2D eigenvalue weighted by Crippen LogP contribution is 2.28. The van der Waals surface area contributed by atoms with Gasteiger partial charge in [-0.15, -0.1) is 0 Å². The Hall–Kier alpha value is -2.21. The third-order valence-electron chi connectivity index (χ3n) is 3.01. The molecule has 96 valence electrons. The number of fused-ring (bicyclic) bond motifs is 3. The van der Waals surface area contributed by atoms with Crippen LogP contribution in [-0.4, -0.2) is 23.0 Å². The second-order valence-corrected chi connectivity index (χ2v) is 4.33. The molecule has 5 nitrogen and oxygen atoms in total. The Kier molecular flexibility index (Phi) is 2.79. The number of esters is 1. The van der Waals surface area contributed by atoms with Crippen molar-refractivity contribution in [1.82, 2.24) is 9.97 Å². The van der Waals surface area contributed by atoms with Crippen LogP contribution in [0.15, 0.2) is 30.5 Å². The molecule has 0 saturated carbocycles. The van der Waals surface area contributed by atoms with E-state index in [2.05, 4.69) is 32.2 Å². The number of hydrogen-bond acceptors (Lipinski definition) is 5. The van der Waals surface area contributed by atoms with E-state index in [1.54, 1.807) is 12.3 Å². The van der Waals surface area contributed by atoms with Crippen LogP contribution in [0.2, 0.25) is 0 Å². The van der Waals surface area contributed by atoms with E-state index < -0.39 is 5.97 Å². The molecule has 0 bridgehead atoms. The van der Waals surface area contributed by atoms with E-state index in [9.17, 15) is 4.79 Å². The number of nitrogens with zero attached hydrogens (tertiary/aromatic N) is 1. The molecule has 19 heavy (non-hydrogen) atoms. The molecule has 2 N–H and O–H groups in total. The number of hydrogen-bond donors (Lipinski definition) is 3. The number of rotatable bonds is 2. The minimum absolute atomic E-state index is 0.292. The first-order valence-corrected chi connectivity index (χ1v) is 6.07. The van der Waals surface area contributed by atoms with Crippen molar-refractivity contribution in [3.05, 3.63) is 36.2 Å². The summed E-state index contributed by atoms with van der Waals surface area (Å²) in [7, 11) is 1.34. The van der Waals surface area contributed by atoms with Crippen molar-refractivity contribution in [2.75, 3.05) is 11.8 Å². The van der Waals surface area contributed by atoms with Crippen LogP contribution in [0.3, 0.4) is 0 Å². The first-order chi connectivity index (χ1) is 9.22. The van der Waals surface area contributed by atoms with Gasteiger partial charge in [0.2, 0.25) is 0 Å². The Labute approximate surface area is 114 Å². The summed E-state index contributed by atoms with van der Waals surface area (Å²) in [5.41, 5.74) is 3.03. The van der Waals surface area contributed by atoms with Crippen molar-refractivity contribution >= 4 is 46.3 Å². The van der Waals surface area contributed by atoms with Crippen LogP contribution >= 0.6 is 12.8 Å². The maximum Gasteiger partial charge on any atom is 0.356 e. The van der Waals surface area contributed by atoms with Gasteiger partial charge in [-0.05, 0) is 24.3 Å². The number of nitrogens with one attached hydrogen (secondary N) is 2. The molecule has 0 saturated heterocycles. The lowest BCUT2D eigenvalue weighted by Crippen LogP contribution is -2.03. The van der Waals surface area contributed by atoms with Gasteiger partial charge in [-0.25, -0.2) is 9.78 Å². The van der Waals surface area contributed by atoms with E-state index in [-0.39, 0.29) is 0 Å². The molecule has 0 unspecified atom stereocenters. The zero-order chi connectivity index (χ0) is 13.4. The van der Waals surface area contributed by atoms with Crippen molar-refractivity contribution in [1.29, 1.82) is 0 Å². The van der Waals surface area contributed by atoms with Crippen LogP contribution in [-0.2, 0) is 4.74 Å². The molecule has 0 radical (unpaired) electrons. The molecule has 0 fully saturated rings. The fourth-order valence-electron chi connectivity index (χ4n) is 2.08. The summed E-state index contributed by atoms with van der Waals surface area (Å²) in [6.45, 7) is 0. The first-order valence-electron chi connectivity index (χ1n) is 5.63. The lowest BCUT2D eigenvalue weighted by Gasteiger charge is -1.99. The molecule has 2 aromatic heterocycles. The van der Waals surface area contributed by atoms with Gasteiger partial charge in [0.05, 0.1) is 18.8 Å². The average molecular weight is 273 g/mol. The summed E-state index contributed by atoms with van der Waals surface area (Å²) >= 11 is 4.03. The summed E-state index contributed by atoms with van der Waals surface area (Å²) < 4.78 is 7.48. The fourth-order valence-corrected chi connectivity index (χ4v) is 2.22. The van der Waals surface area contributed by atoms with Gasteiger partial charge >= 0.3 is 5.97 Å². The molecule has 1 aromatic carbocycles. The zero-order valence-electron chi connectivity index (χ0n) is 10.1. The smallest absolute Gasteiger partial charge is 0.356 e. The maximum absolute atomic E-state index is 11.5. The first kappa shape index (κ1) is 11.9. The second kappa shape index (κ2) is 4.47. The normalized spacial score (nSPS) is 10.8. The Bertz CT molecular complexity index is 782. The molecule has 3 aromatic rings. The minimum Gasteiger partial charge on any atom is -0.464 e. The number of carbonyl (C=O) groups is 1. The molecule has 0 atom stereocenters. The summed E-state index contributed by atoms with van der Waals surface area (Å²) in [4.78, 5) is 18.8. The molecule has 3 rings (SSSR count). The van der Waals surface area contributed by atoms with Crippen LogP contribution in [0.1, 0.15) is 10.5 Å². The lowest BCUT2D eigenvalue weighted by molar-refractivity contribution is 0.0594. The molecular weight excluding hydrogens is 262 g/mol. The largest absolute Gasteiger partial charge is 0.464 e. The zero-order valence-corrected chi connectivity index (χ0v) is 11.0. The monoisotopic (exact) mass is 273 g/mol. The van der Waals surface area contributed by atoms with E-state index in [0.29, 0.717) is 5.69 Å². The summed E-state index contributed by atoms with van der Waals surface area (Å²) in [6.07, 6.45) is 1.63. The van der Waals surface area contributed by atoms with Crippen LogP contribution < -0.4 is 4.72 Å². The van der Waals surface area contributed by atoms with Crippen molar-refractivity contribution in [3.8, 4) is 0 Å². The number of thiol groups is 1. The van der Waals surface area contributed by atoms with Gasteiger partial charge in [0.15, 0.2) is 0 Å². The fraction of sp³-hybridized carbons (Fsp3) is 0.0769. The highest BCUT2D eigenvalue weighted by molar-refractivity contribution is 7.81. The highest BCUT2D eigenvalue weighted by Gasteiger charge is 2.11. The Balaban J connectivity index is 2.30. The molecule has 0 amide bonds. The van der Waals surface area contributed by atoms with Crippen LogP contribution in [0, 0.1) is 0 Å². The number of anilines is 1. The van der Waals surface area contributed by atoms with Gasteiger partial charge in [-0.3, -0.25) is 0 Å². The summed E-state index contributed by atoms with van der Waals surface area (Å²) in [5.74, 6) is -0.445. The standard InChI is InChI=1S/C13H11N3O2S/c1-18-13(17)11-5-9-8-4-7(16-19)2-3-10(8)15-12(9)6-14-11/h2-6,15-16,19H,1H3. The molecular formula is C13H11N3O2S. The summed E-state index contributed by atoms with van der Waals surface area (Å²) in [6, 6.07) is 7.55. The number of carbonyl (C=O) groups excluding carboxylic acids is 1. The highest BCUT2D eigenvalue weighted by atomic mass is 32.1. The van der Waals surface area contributed by atoms with Gasteiger partial charge in [-0.2, -0.15) is 0 Å². The SMILES string of the molecule is COC(=O)c1cc2c(cn1)[nH]c1ccc(NS)cc12. The molecule has 2 heterocycles. The number of ether oxygens (including phenoxy) is 1. The second-order valence-electron chi connectivity index (χ2n) is 4.10. The lowest BCUT2D eigenvalue weighted by atomic mass is 10.1. The van der Waals surface area contributed by atoms with Gasteiger partial charge in [0.1, 0.15) is 5.69 Å². The number of aromatic amines is 1. The number of pyridine rings is 1. The van der Waals surface area contributed by atoms with Crippen LogP contribution in [0.5, 0.6) is 0 Å². The molecule has 0 aliphatic rings. The minimum atomic E-state index is -0.445. The molecule has 0 aliphatic heterocycles. The Morgan fingerprint density at radius 3 is 2.84 bits per heavy atom. The quantitative estimate of drug-likeness (QED) is 0.496. The number of aromatic nitrogens is 2. The van der Waals surface area contributed by atoms with Gasteiger partial charge < -0.3 is 14.4 Å². The topological polar surface area (TPSA) is 67.0 Å². The number of H-pyrrole nitrogens is 1. The van der Waals surface area contributed by atoms with E-state index in [0.717, 1.165) is 27.5 Å². The average Bonchev–Trinajstić information content (AvgIpc) is 2.83. The van der Waals surface area contributed by atoms with Crippen LogP contribution in [0.25, 0.3) is 21.8 Å². The molecule has 0 aliphatic carbocycles. The van der Waals surface area contributed by atoms with Gasteiger partial charge in [-0.1, -0.05) is 12.8 Å². The van der Waals surface area contributed by atoms with E-state index >= 15 is 0 Å². The van der Waals surface area contributed by atoms with Crippen LogP contribution in [0.4, 0.5) is 5.69 Å². The van der Waals surface area contributed by atoms with Crippen molar-refractivity contribution in [2.24, 2.45) is 0 Å². The Morgan fingerprint density at radius 1 is 1.32 bits per heavy atom. The third-order valence-corrected chi connectivity index (χ3v) is 3.26. The van der Waals surface area contributed by atoms with Gasteiger partial charge in [0, 0.05) is 22.0 Å². The predicted molar refractivity (Wildman–Crippen MR) is 77.5 cm³/mol. The number of benzene rings is 1. The maximum atomic E-state index is 11.5. The molecule has 6 heteroatoms. The van der Waals surface area contributed by atoms with Crippen molar-refractivity contribution in [2.45, 2.75) is 0 Å². The van der Waals surface area contributed by atoms with E-state index in [1.807, 2.05) is 18.2 Å². The van der Waals surface area contributed by atoms with Crippen molar-refractivity contribution < 1.29 is 9.53 Å². The number of methoxy groups -OCH3 is 1. The Morgan fingerprint density at radius 2 is 2.11 bits per heavy atom. The van der Waals surface area contributed by atoms with E-state index in [1.165, 1.54) is 7.11 Å². The van der Waals surface area contributed by atoms with E-state index in [4.69, 9.17) is 0 Å².